The van der Waals surface area contributed by atoms with Crippen LogP contribution >= 0.6 is 26.6 Å². The lowest BCUT2D eigenvalue weighted by Crippen LogP contribution is -2.38. The fraction of sp³-hybridized carbons (Fsp3) is 0.500. The Hall–Kier alpha value is -0.590. The summed E-state index contributed by atoms with van der Waals surface area (Å²) in [5.41, 5.74) is 0.302. The van der Waals surface area contributed by atoms with E-state index in [0.29, 0.717) is 16.0 Å². The van der Waals surface area contributed by atoms with Gasteiger partial charge in [0.1, 0.15) is 0 Å². The highest BCUT2D eigenvalue weighted by molar-refractivity contribution is 9.10. The van der Waals surface area contributed by atoms with Crippen LogP contribution < -0.4 is 5.32 Å². The number of carbonyl (C=O) groups is 1. The Morgan fingerprint density at radius 3 is 2.71 bits per heavy atom. The Kier molecular flexibility index (Phi) is 5.33. The van der Waals surface area contributed by atoms with Gasteiger partial charge < -0.3 is 5.32 Å². The van der Waals surface area contributed by atoms with Crippen molar-refractivity contribution < 1.29 is 13.2 Å². The van der Waals surface area contributed by atoms with Gasteiger partial charge in [-0.1, -0.05) is 19.8 Å². The van der Waals surface area contributed by atoms with Gasteiger partial charge in [-0.05, 0) is 52.9 Å². The number of hydrogen-bond donors (Lipinski definition) is 1. The van der Waals surface area contributed by atoms with Crippen LogP contribution in [0.1, 0.15) is 43.0 Å². The number of amides is 1. The predicted octanol–water partition coefficient (Wildman–Crippen LogP) is 3.69. The van der Waals surface area contributed by atoms with Crippen LogP contribution in [0, 0.1) is 5.92 Å². The van der Waals surface area contributed by atoms with Gasteiger partial charge in [0, 0.05) is 26.8 Å². The maximum Gasteiger partial charge on any atom is 0.262 e. The molecule has 1 saturated carbocycles. The lowest BCUT2D eigenvalue weighted by molar-refractivity contribution is 0.0921. The zero-order valence-corrected chi connectivity index (χ0v) is 14.8. The Balaban J connectivity index is 2.16. The van der Waals surface area contributed by atoms with E-state index in [1.54, 1.807) is 6.07 Å². The molecule has 21 heavy (non-hydrogen) atoms. The molecule has 0 spiro atoms. The minimum atomic E-state index is -3.89. The van der Waals surface area contributed by atoms with Crippen molar-refractivity contribution >= 4 is 41.6 Å². The molecule has 1 aromatic rings. The number of halogens is 2. The molecule has 0 radical (unpaired) electrons. The highest BCUT2D eigenvalue weighted by Gasteiger charge is 2.22. The summed E-state index contributed by atoms with van der Waals surface area (Å²) >= 11 is 3.13. The second kappa shape index (κ2) is 6.67. The average Bonchev–Trinajstić information content (AvgIpc) is 2.37. The van der Waals surface area contributed by atoms with E-state index in [0.717, 1.165) is 19.3 Å². The van der Waals surface area contributed by atoms with Gasteiger partial charge in [-0.3, -0.25) is 4.79 Å². The Bertz CT molecular complexity index is 648. The van der Waals surface area contributed by atoms with Crippen molar-refractivity contribution in [3.8, 4) is 0 Å². The minimum absolute atomic E-state index is 0.0890. The smallest absolute Gasteiger partial charge is 0.262 e. The van der Waals surface area contributed by atoms with E-state index in [9.17, 15) is 13.2 Å². The zero-order valence-electron chi connectivity index (χ0n) is 11.6. The van der Waals surface area contributed by atoms with Gasteiger partial charge in [-0.2, -0.15) is 0 Å². The lowest BCUT2D eigenvalue weighted by atomic mass is 9.87. The number of benzene rings is 1. The summed E-state index contributed by atoms with van der Waals surface area (Å²) in [5.74, 6) is 0.343. The van der Waals surface area contributed by atoms with Crippen molar-refractivity contribution in [3.63, 3.8) is 0 Å². The van der Waals surface area contributed by atoms with Crippen LogP contribution in [0.25, 0.3) is 0 Å². The molecular weight excluding hydrogens is 378 g/mol. The third-order valence-electron chi connectivity index (χ3n) is 3.73. The molecule has 0 aromatic heterocycles. The molecule has 1 aromatic carbocycles. The molecule has 0 saturated heterocycles. The van der Waals surface area contributed by atoms with Crippen LogP contribution in [-0.4, -0.2) is 20.4 Å². The van der Waals surface area contributed by atoms with Crippen LogP contribution in [0.3, 0.4) is 0 Å². The molecule has 1 fully saturated rings. The van der Waals surface area contributed by atoms with Gasteiger partial charge in [-0.25, -0.2) is 8.42 Å². The summed E-state index contributed by atoms with van der Waals surface area (Å²) in [6.07, 6.45) is 4.23. The molecule has 1 amide bonds. The summed E-state index contributed by atoms with van der Waals surface area (Å²) in [7, 11) is 1.48. The van der Waals surface area contributed by atoms with Crippen molar-refractivity contribution in [2.75, 3.05) is 0 Å². The highest BCUT2D eigenvalue weighted by Crippen LogP contribution is 2.27. The van der Waals surface area contributed by atoms with Gasteiger partial charge in [-0.15, -0.1) is 0 Å². The maximum atomic E-state index is 12.2. The van der Waals surface area contributed by atoms with Gasteiger partial charge in [0.25, 0.3) is 15.0 Å². The monoisotopic (exact) mass is 393 g/mol. The van der Waals surface area contributed by atoms with E-state index < -0.39 is 9.05 Å². The van der Waals surface area contributed by atoms with Gasteiger partial charge >= 0.3 is 0 Å². The van der Waals surface area contributed by atoms with Gasteiger partial charge in [0.05, 0.1) is 4.90 Å². The molecule has 7 heteroatoms. The van der Waals surface area contributed by atoms with Crippen molar-refractivity contribution in [3.05, 3.63) is 28.2 Å². The van der Waals surface area contributed by atoms with Crippen LogP contribution in [0.2, 0.25) is 0 Å². The summed E-state index contributed by atoms with van der Waals surface area (Å²) in [6, 6.07) is 4.56. The Labute approximate surface area is 137 Å². The summed E-state index contributed by atoms with van der Waals surface area (Å²) in [6.45, 7) is 2.18. The SMILES string of the molecule is CC1CCCC(NC(=O)c2ccc(Br)c(S(=O)(=O)Cl)c2)C1. The molecule has 116 valence electrons. The third-order valence-corrected chi connectivity index (χ3v) is 6.04. The summed E-state index contributed by atoms with van der Waals surface area (Å²) < 4.78 is 23.3. The molecule has 1 aliphatic rings. The number of hydrogen-bond acceptors (Lipinski definition) is 3. The number of nitrogens with one attached hydrogen (secondary N) is 1. The van der Waals surface area contributed by atoms with E-state index in [2.05, 4.69) is 28.2 Å². The molecule has 1 aliphatic carbocycles. The molecule has 0 heterocycles. The average molecular weight is 395 g/mol. The topological polar surface area (TPSA) is 63.2 Å². The number of carbonyl (C=O) groups excluding carboxylic acids is 1. The minimum Gasteiger partial charge on any atom is -0.349 e. The summed E-state index contributed by atoms with van der Waals surface area (Å²) in [5, 5.41) is 2.97. The lowest BCUT2D eigenvalue weighted by Gasteiger charge is -2.27. The van der Waals surface area contributed by atoms with E-state index in [4.69, 9.17) is 10.7 Å². The molecule has 2 rings (SSSR count). The number of rotatable bonds is 3. The predicted molar refractivity (Wildman–Crippen MR) is 86.1 cm³/mol. The van der Waals surface area contributed by atoms with Crippen molar-refractivity contribution in [1.82, 2.24) is 5.32 Å². The van der Waals surface area contributed by atoms with E-state index >= 15 is 0 Å². The zero-order chi connectivity index (χ0) is 15.6. The standard InChI is InChI=1S/C14H17BrClNO3S/c1-9-3-2-4-11(7-9)17-14(18)10-5-6-12(15)13(8-10)21(16,19)20/h5-6,8-9,11H,2-4,7H2,1H3,(H,17,18). The molecule has 0 aliphatic heterocycles. The Morgan fingerprint density at radius 2 is 2.10 bits per heavy atom. The highest BCUT2D eigenvalue weighted by atomic mass is 79.9. The fourth-order valence-corrected chi connectivity index (χ4v) is 4.78. The van der Waals surface area contributed by atoms with Crippen LogP contribution in [0.4, 0.5) is 0 Å². The van der Waals surface area contributed by atoms with Crippen LogP contribution in [-0.2, 0) is 9.05 Å². The molecule has 4 nitrogen and oxygen atoms in total. The first-order valence-corrected chi connectivity index (χ1v) is 9.92. The second-order valence-electron chi connectivity index (χ2n) is 5.53. The molecule has 0 bridgehead atoms. The van der Waals surface area contributed by atoms with Gasteiger partial charge in [0.2, 0.25) is 0 Å². The largest absolute Gasteiger partial charge is 0.349 e. The molecule has 1 N–H and O–H groups in total. The van der Waals surface area contributed by atoms with Crippen molar-refractivity contribution in [1.29, 1.82) is 0 Å². The maximum absolute atomic E-state index is 12.2. The summed E-state index contributed by atoms with van der Waals surface area (Å²) in [4.78, 5) is 12.2. The molecular formula is C14H17BrClNO3S. The molecule has 2 unspecified atom stereocenters. The van der Waals surface area contributed by atoms with E-state index in [1.807, 2.05) is 0 Å². The molecule has 2 atom stereocenters. The second-order valence-corrected chi connectivity index (χ2v) is 8.91. The van der Waals surface area contributed by atoms with E-state index in [-0.39, 0.29) is 16.8 Å². The fourth-order valence-electron chi connectivity index (χ4n) is 2.67. The van der Waals surface area contributed by atoms with Crippen LogP contribution in [0.5, 0.6) is 0 Å². The van der Waals surface area contributed by atoms with Crippen molar-refractivity contribution in [2.24, 2.45) is 5.92 Å². The normalized spacial score (nSPS) is 22.8. The first-order valence-electron chi connectivity index (χ1n) is 6.82. The van der Waals surface area contributed by atoms with Gasteiger partial charge in [0.15, 0.2) is 0 Å². The van der Waals surface area contributed by atoms with Crippen LogP contribution in [0.15, 0.2) is 27.6 Å². The third kappa shape index (κ3) is 4.44. The quantitative estimate of drug-likeness (QED) is 0.795. The van der Waals surface area contributed by atoms with Crippen molar-refractivity contribution in [2.45, 2.75) is 43.5 Å². The Morgan fingerprint density at radius 1 is 1.38 bits per heavy atom. The van der Waals surface area contributed by atoms with E-state index in [1.165, 1.54) is 18.6 Å². The first kappa shape index (κ1) is 16.8. The first-order chi connectivity index (χ1) is 9.77.